The Kier molecular flexibility index (Phi) is 5.15. The van der Waals surface area contributed by atoms with Crippen molar-refractivity contribution in [3.05, 3.63) is 57.9 Å². The molecule has 7 heteroatoms. The molecule has 1 aromatic heterocycles. The van der Waals surface area contributed by atoms with Crippen molar-refractivity contribution in [2.45, 2.75) is 33.8 Å². The summed E-state index contributed by atoms with van der Waals surface area (Å²) in [5, 5.41) is 0. The van der Waals surface area contributed by atoms with E-state index in [2.05, 4.69) is 4.98 Å². The molecule has 132 valence electrons. The van der Waals surface area contributed by atoms with Crippen LogP contribution >= 0.6 is 0 Å². The van der Waals surface area contributed by atoms with Gasteiger partial charge in [0.05, 0.1) is 11.3 Å². The van der Waals surface area contributed by atoms with Gasteiger partial charge in [0.25, 0.3) is 0 Å². The van der Waals surface area contributed by atoms with Crippen molar-refractivity contribution in [1.82, 2.24) is 4.98 Å². The molecule has 5 nitrogen and oxygen atoms in total. The second-order valence-corrected chi connectivity index (χ2v) is 5.72. The maximum atomic E-state index is 13.6. The Morgan fingerprint density at radius 2 is 1.80 bits per heavy atom. The Bertz CT molecular complexity index is 870. The molecule has 0 radical (unpaired) electrons. The van der Waals surface area contributed by atoms with E-state index in [1.165, 1.54) is 13.8 Å². The average Bonchev–Trinajstić information content (AvgIpc) is 2.80. The summed E-state index contributed by atoms with van der Waals surface area (Å²) in [6, 6.07) is 2.42. The van der Waals surface area contributed by atoms with Crippen LogP contribution in [0.3, 0.4) is 0 Å². The predicted molar refractivity (Wildman–Crippen MR) is 85.8 cm³/mol. The fourth-order valence-corrected chi connectivity index (χ4v) is 2.66. The SMILES string of the molecule is CC(=O)c1c(C)[nH]c(C(=O)C(C)OC(=O)c2ccc(F)cc2F)c1C. The minimum absolute atomic E-state index is 0.155. The molecule has 2 rings (SSSR count). The summed E-state index contributed by atoms with van der Waals surface area (Å²) < 4.78 is 31.5. The summed E-state index contributed by atoms with van der Waals surface area (Å²) in [5.41, 5.74) is 1.10. The number of hydrogen-bond acceptors (Lipinski definition) is 4. The molecular formula is C18H17F2NO4. The number of carbonyl (C=O) groups excluding carboxylic acids is 3. The van der Waals surface area contributed by atoms with E-state index in [0.717, 1.165) is 12.1 Å². The molecule has 0 aliphatic rings. The van der Waals surface area contributed by atoms with E-state index in [9.17, 15) is 23.2 Å². The number of benzene rings is 1. The Hall–Kier alpha value is -2.83. The van der Waals surface area contributed by atoms with Crippen LogP contribution in [0.2, 0.25) is 0 Å². The third kappa shape index (κ3) is 3.65. The van der Waals surface area contributed by atoms with Gasteiger partial charge in [-0.1, -0.05) is 0 Å². The third-order valence-corrected chi connectivity index (χ3v) is 3.84. The molecule has 0 saturated heterocycles. The number of carbonyl (C=O) groups is 3. The number of ether oxygens (including phenoxy) is 1. The first kappa shape index (κ1) is 18.5. The quantitative estimate of drug-likeness (QED) is 0.662. The molecule has 1 N–H and O–H groups in total. The highest BCUT2D eigenvalue weighted by Gasteiger charge is 2.27. The number of aryl methyl sites for hydroxylation is 1. The van der Waals surface area contributed by atoms with Gasteiger partial charge in [-0.15, -0.1) is 0 Å². The van der Waals surface area contributed by atoms with Gasteiger partial charge in [-0.2, -0.15) is 0 Å². The topological polar surface area (TPSA) is 76.2 Å². The van der Waals surface area contributed by atoms with E-state index in [4.69, 9.17) is 4.74 Å². The van der Waals surface area contributed by atoms with E-state index >= 15 is 0 Å². The van der Waals surface area contributed by atoms with Crippen LogP contribution in [0, 0.1) is 25.5 Å². The van der Waals surface area contributed by atoms with Gasteiger partial charge in [0.1, 0.15) is 11.6 Å². The van der Waals surface area contributed by atoms with Crippen molar-refractivity contribution in [3.8, 4) is 0 Å². The standard InChI is InChI=1S/C18H17F2NO4/c1-8-15(10(3)22)9(2)21-16(8)17(23)11(4)25-18(24)13-6-5-12(19)7-14(13)20/h5-7,11,21H,1-4H3. The van der Waals surface area contributed by atoms with E-state index in [0.29, 0.717) is 22.9 Å². The lowest BCUT2D eigenvalue weighted by molar-refractivity contribution is 0.0312. The van der Waals surface area contributed by atoms with Crippen LogP contribution in [0.4, 0.5) is 8.78 Å². The number of nitrogens with one attached hydrogen (secondary N) is 1. The Morgan fingerprint density at radius 1 is 1.16 bits per heavy atom. The van der Waals surface area contributed by atoms with Gasteiger partial charge in [-0.3, -0.25) is 9.59 Å². The lowest BCUT2D eigenvalue weighted by atomic mass is 10.0. The van der Waals surface area contributed by atoms with Crippen LogP contribution in [0.25, 0.3) is 0 Å². The molecule has 1 aromatic carbocycles. The van der Waals surface area contributed by atoms with Crippen LogP contribution < -0.4 is 0 Å². The monoisotopic (exact) mass is 349 g/mol. The Morgan fingerprint density at radius 3 is 2.32 bits per heavy atom. The molecule has 1 heterocycles. The van der Waals surface area contributed by atoms with Gasteiger partial charge in [0.15, 0.2) is 11.9 Å². The zero-order valence-electron chi connectivity index (χ0n) is 14.2. The Labute approximate surface area is 143 Å². The molecule has 0 spiro atoms. The molecule has 0 fully saturated rings. The first-order valence-electron chi connectivity index (χ1n) is 7.53. The molecule has 0 amide bonds. The zero-order valence-corrected chi connectivity index (χ0v) is 14.2. The lowest BCUT2D eigenvalue weighted by Gasteiger charge is -2.12. The molecule has 0 aliphatic carbocycles. The summed E-state index contributed by atoms with van der Waals surface area (Å²) in [6.07, 6.45) is -1.21. The number of aromatic nitrogens is 1. The van der Waals surface area contributed by atoms with Gasteiger partial charge in [-0.05, 0) is 45.4 Å². The highest BCUT2D eigenvalue weighted by Crippen LogP contribution is 2.21. The second-order valence-electron chi connectivity index (χ2n) is 5.72. The number of hydrogen-bond donors (Lipinski definition) is 1. The second kappa shape index (κ2) is 6.96. The summed E-state index contributed by atoms with van der Waals surface area (Å²) in [5.74, 6) is -3.72. The average molecular weight is 349 g/mol. The van der Waals surface area contributed by atoms with Crippen molar-refractivity contribution < 1.29 is 27.9 Å². The van der Waals surface area contributed by atoms with Crippen molar-refractivity contribution >= 4 is 17.5 Å². The minimum atomic E-state index is -1.21. The smallest absolute Gasteiger partial charge is 0.341 e. The van der Waals surface area contributed by atoms with Crippen LogP contribution in [0.1, 0.15) is 56.3 Å². The van der Waals surface area contributed by atoms with E-state index in [1.807, 2.05) is 0 Å². The highest BCUT2D eigenvalue weighted by atomic mass is 19.1. The molecule has 2 aromatic rings. The largest absolute Gasteiger partial charge is 0.451 e. The van der Waals surface area contributed by atoms with Gasteiger partial charge < -0.3 is 9.72 Å². The first-order valence-corrected chi connectivity index (χ1v) is 7.53. The van der Waals surface area contributed by atoms with Crippen molar-refractivity contribution in [2.75, 3.05) is 0 Å². The molecule has 0 aliphatic heterocycles. The summed E-state index contributed by atoms with van der Waals surface area (Å²) >= 11 is 0. The summed E-state index contributed by atoms with van der Waals surface area (Å²) in [6.45, 7) is 6.00. The van der Waals surface area contributed by atoms with Crippen LogP contribution in [-0.2, 0) is 4.74 Å². The maximum absolute atomic E-state index is 13.6. The molecule has 0 bridgehead atoms. The summed E-state index contributed by atoms with van der Waals surface area (Å²) in [4.78, 5) is 38.9. The number of ketones is 2. The number of H-pyrrole nitrogens is 1. The normalized spacial score (nSPS) is 11.9. The fourth-order valence-electron chi connectivity index (χ4n) is 2.66. The fraction of sp³-hybridized carbons (Fsp3) is 0.278. The maximum Gasteiger partial charge on any atom is 0.341 e. The minimum Gasteiger partial charge on any atom is -0.451 e. The Balaban J connectivity index is 2.22. The van der Waals surface area contributed by atoms with E-state index in [-0.39, 0.29) is 11.5 Å². The molecule has 0 saturated carbocycles. The van der Waals surface area contributed by atoms with Crippen molar-refractivity contribution in [1.29, 1.82) is 0 Å². The molecule has 25 heavy (non-hydrogen) atoms. The van der Waals surface area contributed by atoms with Crippen LogP contribution in [0.15, 0.2) is 18.2 Å². The van der Waals surface area contributed by atoms with E-state index < -0.39 is 35.1 Å². The number of aromatic amines is 1. The van der Waals surface area contributed by atoms with Gasteiger partial charge >= 0.3 is 5.97 Å². The first-order chi connectivity index (χ1) is 11.6. The van der Waals surface area contributed by atoms with Gasteiger partial charge in [-0.25, -0.2) is 13.6 Å². The van der Waals surface area contributed by atoms with Crippen molar-refractivity contribution in [2.24, 2.45) is 0 Å². The predicted octanol–water partition coefficient (Wildman–Crippen LogP) is 3.54. The number of Topliss-reactive ketones (excluding diaryl/α,β-unsaturated/α-hetero) is 2. The summed E-state index contributed by atoms with van der Waals surface area (Å²) in [7, 11) is 0. The lowest BCUT2D eigenvalue weighted by Crippen LogP contribution is -2.25. The number of esters is 1. The molecular weight excluding hydrogens is 332 g/mol. The van der Waals surface area contributed by atoms with Crippen LogP contribution in [-0.4, -0.2) is 28.6 Å². The third-order valence-electron chi connectivity index (χ3n) is 3.84. The van der Waals surface area contributed by atoms with Gasteiger partial charge in [0, 0.05) is 17.3 Å². The van der Waals surface area contributed by atoms with Crippen molar-refractivity contribution in [3.63, 3.8) is 0 Å². The molecule has 1 unspecified atom stereocenters. The number of rotatable bonds is 5. The zero-order chi connectivity index (χ0) is 18.9. The van der Waals surface area contributed by atoms with Gasteiger partial charge in [0.2, 0.25) is 5.78 Å². The highest BCUT2D eigenvalue weighted by molar-refractivity contribution is 6.05. The molecule has 1 atom stereocenters. The number of halogens is 2. The van der Waals surface area contributed by atoms with E-state index in [1.54, 1.807) is 13.8 Å². The van der Waals surface area contributed by atoms with Crippen LogP contribution in [0.5, 0.6) is 0 Å².